The summed E-state index contributed by atoms with van der Waals surface area (Å²) < 4.78 is 12.7. The second-order valence-corrected chi connectivity index (χ2v) is 9.33. The molecule has 0 aromatic heterocycles. The van der Waals surface area contributed by atoms with E-state index in [4.69, 9.17) is 9.47 Å². The molecular weight excluding hydrogens is 610 g/mol. The lowest BCUT2D eigenvalue weighted by molar-refractivity contribution is -0.139. The zero-order chi connectivity index (χ0) is 20.3. The van der Waals surface area contributed by atoms with Gasteiger partial charge in [0.05, 0.1) is 31.9 Å². The number of hydrogen-bond donors (Lipinski definition) is 0. The number of imide groups is 1. The Morgan fingerprint density at radius 1 is 1.25 bits per heavy atom. The van der Waals surface area contributed by atoms with Crippen molar-refractivity contribution >= 4 is 80.1 Å². The molecule has 10 heteroatoms. The molecule has 0 atom stereocenters. The van der Waals surface area contributed by atoms with Gasteiger partial charge in [0.25, 0.3) is 11.1 Å². The molecule has 2 aliphatic heterocycles. The lowest BCUT2D eigenvalue weighted by Gasteiger charge is -2.28. The van der Waals surface area contributed by atoms with Gasteiger partial charge < -0.3 is 14.4 Å². The van der Waals surface area contributed by atoms with Crippen molar-refractivity contribution in [1.29, 1.82) is 0 Å². The van der Waals surface area contributed by atoms with Crippen molar-refractivity contribution in [3.63, 3.8) is 0 Å². The van der Waals surface area contributed by atoms with Gasteiger partial charge in [0.1, 0.15) is 12.3 Å². The number of morpholine rings is 1. The molecule has 2 fully saturated rings. The number of carbonyl (C=O) groups excluding carboxylic acids is 3. The Morgan fingerprint density at radius 2 is 1.89 bits per heavy atom. The number of benzene rings is 1. The molecule has 28 heavy (non-hydrogen) atoms. The summed E-state index contributed by atoms with van der Waals surface area (Å²) in [7, 11) is 0. The maximum absolute atomic E-state index is 12.7. The van der Waals surface area contributed by atoms with Crippen LogP contribution in [0.1, 0.15) is 12.5 Å². The van der Waals surface area contributed by atoms with Gasteiger partial charge >= 0.3 is 0 Å². The first-order chi connectivity index (χ1) is 13.4. The molecule has 0 saturated carbocycles. The predicted molar refractivity (Wildman–Crippen MR) is 123 cm³/mol. The van der Waals surface area contributed by atoms with Crippen LogP contribution < -0.4 is 4.74 Å². The van der Waals surface area contributed by atoms with Crippen LogP contribution in [0.25, 0.3) is 6.08 Å². The number of amides is 3. The number of hydrogen-bond acceptors (Lipinski definition) is 6. The average Bonchev–Trinajstić information content (AvgIpc) is 2.93. The number of thioether (sulfide) groups is 1. The van der Waals surface area contributed by atoms with E-state index in [2.05, 4.69) is 45.2 Å². The fourth-order valence-corrected chi connectivity index (χ4v) is 5.75. The number of ether oxygens (including phenoxy) is 2. The minimum Gasteiger partial charge on any atom is -0.492 e. The van der Waals surface area contributed by atoms with E-state index < -0.39 is 11.1 Å². The predicted octanol–water partition coefficient (Wildman–Crippen LogP) is 3.19. The summed E-state index contributed by atoms with van der Waals surface area (Å²) in [5, 5.41) is -0.423. The van der Waals surface area contributed by atoms with Crippen LogP contribution in [-0.2, 0) is 14.3 Å². The maximum Gasteiger partial charge on any atom is 0.294 e. The molecule has 0 unspecified atom stereocenters. The van der Waals surface area contributed by atoms with Gasteiger partial charge in [-0.15, -0.1) is 0 Å². The number of carbonyl (C=O) groups is 3. The van der Waals surface area contributed by atoms with Gasteiger partial charge in [0, 0.05) is 13.1 Å². The van der Waals surface area contributed by atoms with Gasteiger partial charge in [-0.3, -0.25) is 19.3 Å². The molecule has 0 bridgehead atoms. The molecule has 0 N–H and O–H groups in total. The Bertz CT molecular complexity index is 816. The summed E-state index contributed by atoms with van der Waals surface area (Å²) >= 11 is 5.23. The Balaban J connectivity index is 1.74. The molecule has 3 amide bonds. The first-order valence-corrected chi connectivity index (χ1v) is 11.6. The van der Waals surface area contributed by atoms with Crippen molar-refractivity contribution in [2.24, 2.45) is 0 Å². The molecule has 1 aromatic carbocycles. The molecule has 2 heterocycles. The fraction of sp³-hybridized carbons (Fsp3) is 0.389. The maximum atomic E-state index is 12.7. The summed E-state index contributed by atoms with van der Waals surface area (Å²) in [6.45, 7) is 4.17. The van der Waals surface area contributed by atoms with E-state index in [9.17, 15) is 14.4 Å². The van der Waals surface area contributed by atoms with Crippen LogP contribution in [0.4, 0.5) is 4.79 Å². The highest BCUT2D eigenvalue weighted by Crippen LogP contribution is 2.34. The van der Waals surface area contributed by atoms with E-state index in [1.807, 2.05) is 19.1 Å². The van der Waals surface area contributed by atoms with Crippen molar-refractivity contribution < 1.29 is 23.9 Å². The van der Waals surface area contributed by atoms with Gasteiger partial charge in [-0.05, 0) is 87.6 Å². The molecule has 150 valence electrons. The van der Waals surface area contributed by atoms with E-state index >= 15 is 0 Å². The monoisotopic (exact) mass is 628 g/mol. The standard InChI is InChI=1S/C18H18I2N2O5S/c1-2-27-16-12(19)7-11(8-13(16)20)9-14-17(24)22(18(25)28-14)10-15(23)21-3-5-26-6-4-21/h7-9H,2-6,10H2,1H3/b14-9-. The topological polar surface area (TPSA) is 76.2 Å². The molecule has 0 radical (unpaired) electrons. The molecule has 2 saturated heterocycles. The zero-order valence-electron chi connectivity index (χ0n) is 15.1. The van der Waals surface area contributed by atoms with Gasteiger partial charge in [0.2, 0.25) is 5.91 Å². The summed E-state index contributed by atoms with van der Waals surface area (Å²) in [4.78, 5) is 40.3. The first kappa shape index (κ1) is 21.8. The summed E-state index contributed by atoms with van der Waals surface area (Å²) in [5.74, 6) is 0.137. The highest BCUT2D eigenvalue weighted by molar-refractivity contribution is 14.1. The third-order valence-electron chi connectivity index (χ3n) is 4.14. The van der Waals surface area contributed by atoms with Crippen LogP contribution in [0.5, 0.6) is 5.75 Å². The van der Waals surface area contributed by atoms with Crippen LogP contribution in [0.3, 0.4) is 0 Å². The summed E-state index contributed by atoms with van der Waals surface area (Å²) in [6, 6.07) is 3.81. The van der Waals surface area contributed by atoms with Crippen molar-refractivity contribution in [1.82, 2.24) is 9.80 Å². The SMILES string of the molecule is CCOc1c(I)cc(/C=C2\SC(=O)N(CC(=O)N3CCOCC3)C2=O)cc1I. The molecule has 3 rings (SSSR count). The fourth-order valence-electron chi connectivity index (χ4n) is 2.78. The van der Waals surface area contributed by atoms with Gasteiger partial charge in [-0.2, -0.15) is 0 Å². The third-order valence-corrected chi connectivity index (χ3v) is 6.65. The minimum absolute atomic E-state index is 0.236. The molecule has 1 aromatic rings. The van der Waals surface area contributed by atoms with E-state index in [0.29, 0.717) is 37.8 Å². The Labute approximate surface area is 194 Å². The molecule has 0 spiro atoms. The zero-order valence-corrected chi connectivity index (χ0v) is 20.2. The average molecular weight is 628 g/mol. The van der Waals surface area contributed by atoms with Crippen LogP contribution in [0.2, 0.25) is 0 Å². The Kier molecular flexibility index (Phi) is 7.61. The smallest absolute Gasteiger partial charge is 0.294 e. The number of rotatable bonds is 5. The normalized spacial score (nSPS) is 18.9. The number of halogens is 2. The highest BCUT2D eigenvalue weighted by Gasteiger charge is 2.37. The van der Waals surface area contributed by atoms with E-state index in [-0.39, 0.29) is 12.5 Å². The van der Waals surface area contributed by atoms with Crippen molar-refractivity contribution in [3.8, 4) is 5.75 Å². The van der Waals surface area contributed by atoms with Crippen molar-refractivity contribution in [3.05, 3.63) is 29.7 Å². The van der Waals surface area contributed by atoms with Gasteiger partial charge in [0.15, 0.2) is 0 Å². The first-order valence-electron chi connectivity index (χ1n) is 8.63. The van der Waals surface area contributed by atoms with Crippen LogP contribution in [0, 0.1) is 7.14 Å². The van der Waals surface area contributed by atoms with Crippen molar-refractivity contribution in [2.75, 3.05) is 39.5 Å². The lowest BCUT2D eigenvalue weighted by atomic mass is 10.2. The Morgan fingerprint density at radius 3 is 2.50 bits per heavy atom. The van der Waals surface area contributed by atoms with Gasteiger partial charge in [-0.1, -0.05) is 0 Å². The molecular formula is C18H18I2N2O5S. The van der Waals surface area contributed by atoms with Crippen molar-refractivity contribution in [2.45, 2.75) is 6.92 Å². The second-order valence-electron chi connectivity index (χ2n) is 6.01. The Hall–Kier alpha value is -0.860. The lowest BCUT2D eigenvalue weighted by Crippen LogP contribution is -2.46. The quantitative estimate of drug-likeness (QED) is 0.369. The van der Waals surface area contributed by atoms with E-state index in [0.717, 1.165) is 35.1 Å². The summed E-state index contributed by atoms with van der Waals surface area (Å²) in [5.41, 5.74) is 0.808. The molecule has 7 nitrogen and oxygen atoms in total. The molecule has 2 aliphatic rings. The molecule has 0 aliphatic carbocycles. The van der Waals surface area contributed by atoms with Gasteiger partial charge in [-0.25, -0.2) is 0 Å². The largest absolute Gasteiger partial charge is 0.492 e. The van der Waals surface area contributed by atoms with Crippen LogP contribution >= 0.6 is 56.9 Å². The van der Waals surface area contributed by atoms with Crippen LogP contribution in [-0.4, -0.2) is 66.3 Å². The summed E-state index contributed by atoms with van der Waals surface area (Å²) in [6.07, 6.45) is 1.68. The highest BCUT2D eigenvalue weighted by atomic mass is 127. The van der Waals surface area contributed by atoms with Crippen LogP contribution in [0.15, 0.2) is 17.0 Å². The second kappa shape index (κ2) is 9.76. The van der Waals surface area contributed by atoms with E-state index in [1.54, 1.807) is 11.0 Å². The number of nitrogens with zero attached hydrogens (tertiary/aromatic N) is 2. The van der Waals surface area contributed by atoms with E-state index in [1.165, 1.54) is 0 Å². The minimum atomic E-state index is -0.435. The third kappa shape index (κ3) is 5.00.